The maximum atomic E-state index is 13.8. The predicted octanol–water partition coefficient (Wildman–Crippen LogP) is 3.45. The summed E-state index contributed by atoms with van der Waals surface area (Å²) in [4.78, 5) is 36.3. The van der Waals surface area contributed by atoms with Crippen LogP contribution in [-0.4, -0.2) is 24.0 Å². The third kappa shape index (κ3) is 4.60. The van der Waals surface area contributed by atoms with Crippen LogP contribution in [0.15, 0.2) is 52.9 Å². The Morgan fingerprint density at radius 3 is 2.52 bits per heavy atom. The van der Waals surface area contributed by atoms with E-state index < -0.39 is 29.8 Å². The summed E-state index contributed by atoms with van der Waals surface area (Å²) in [5.41, 5.74) is 1.20. The van der Waals surface area contributed by atoms with Crippen LogP contribution in [0.25, 0.3) is 11.0 Å². The molecule has 8 heteroatoms. The molecule has 0 aliphatic heterocycles. The van der Waals surface area contributed by atoms with Crippen LogP contribution in [0.3, 0.4) is 0 Å². The van der Waals surface area contributed by atoms with Gasteiger partial charge in [-0.25, -0.2) is 14.0 Å². The van der Waals surface area contributed by atoms with Gasteiger partial charge in [-0.15, -0.1) is 0 Å². The lowest BCUT2D eigenvalue weighted by atomic mass is 10.1. The number of fused-ring (bicyclic) bond motifs is 1. The number of nitrogens with one attached hydrogen (secondary N) is 2. The number of rotatable bonds is 5. The first-order valence-corrected chi connectivity index (χ1v) is 8.88. The highest BCUT2D eigenvalue weighted by Gasteiger charge is 2.25. The van der Waals surface area contributed by atoms with Crippen LogP contribution in [0.5, 0.6) is 0 Å². The topological polar surface area (TPSA) is 97.6 Å². The maximum absolute atomic E-state index is 13.8. The van der Waals surface area contributed by atoms with Gasteiger partial charge >= 0.3 is 12.0 Å². The minimum atomic E-state index is -1.26. The van der Waals surface area contributed by atoms with E-state index in [9.17, 15) is 18.8 Å². The molecule has 2 N–H and O–H groups in total. The fraction of sp³-hybridized carbons (Fsp3) is 0.190. The quantitative estimate of drug-likeness (QED) is 0.642. The zero-order chi connectivity index (χ0) is 21.0. The van der Waals surface area contributed by atoms with E-state index in [4.69, 9.17) is 9.15 Å². The van der Waals surface area contributed by atoms with Crippen molar-refractivity contribution >= 4 is 28.9 Å². The van der Waals surface area contributed by atoms with Crippen LogP contribution in [-0.2, 0) is 16.1 Å². The molecule has 0 fully saturated rings. The smallest absolute Gasteiger partial charge is 0.375 e. The van der Waals surface area contributed by atoms with Crippen LogP contribution in [0.1, 0.15) is 28.6 Å². The van der Waals surface area contributed by atoms with E-state index in [1.165, 1.54) is 19.1 Å². The van der Waals surface area contributed by atoms with E-state index in [1.807, 2.05) is 30.3 Å². The number of carbonyl (C=O) groups excluding carboxylic acids is 3. The van der Waals surface area contributed by atoms with Crippen molar-refractivity contribution < 1.29 is 27.9 Å². The molecular weight excluding hydrogens is 379 g/mol. The van der Waals surface area contributed by atoms with Crippen LogP contribution >= 0.6 is 0 Å². The van der Waals surface area contributed by atoms with Gasteiger partial charge in [-0.05, 0) is 25.5 Å². The van der Waals surface area contributed by atoms with Crippen molar-refractivity contribution in [2.45, 2.75) is 26.5 Å². The minimum Gasteiger partial charge on any atom is -0.447 e. The first kappa shape index (κ1) is 20.1. The Morgan fingerprint density at radius 1 is 1.10 bits per heavy atom. The van der Waals surface area contributed by atoms with Crippen molar-refractivity contribution in [2.24, 2.45) is 0 Å². The number of amides is 3. The molecule has 0 saturated heterocycles. The van der Waals surface area contributed by atoms with Crippen molar-refractivity contribution in [3.8, 4) is 0 Å². The first-order valence-electron chi connectivity index (χ1n) is 8.88. The summed E-state index contributed by atoms with van der Waals surface area (Å²) in [6.45, 7) is 3.14. The molecule has 7 nitrogen and oxygen atoms in total. The Kier molecular flexibility index (Phi) is 5.92. The molecule has 0 saturated carbocycles. The molecule has 1 heterocycles. The van der Waals surface area contributed by atoms with E-state index in [0.717, 1.165) is 5.56 Å². The van der Waals surface area contributed by atoms with E-state index >= 15 is 0 Å². The average molecular weight is 398 g/mol. The molecule has 0 spiro atoms. The van der Waals surface area contributed by atoms with Crippen molar-refractivity contribution in [3.05, 3.63) is 71.2 Å². The molecule has 150 valence electrons. The zero-order valence-corrected chi connectivity index (χ0v) is 15.8. The molecule has 1 aromatic heterocycles. The van der Waals surface area contributed by atoms with Gasteiger partial charge in [-0.2, -0.15) is 0 Å². The van der Waals surface area contributed by atoms with Crippen LogP contribution in [0.2, 0.25) is 0 Å². The third-order valence-electron chi connectivity index (χ3n) is 4.29. The molecule has 1 atom stereocenters. The molecule has 3 aromatic rings. The normalized spacial score (nSPS) is 11.7. The highest BCUT2D eigenvalue weighted by atomic mass is 19.1. The van der Waals surface area contributed by atoms with Gasteiger partial charge in [0.1, 0.15) is 0 Å². The Bertz CT molecular complexity index is 1060. The lowest BCUT2D eigenvalue weighted by Crippen LogP contribution is -2.44. The van der Waals surface area contributed by atoms with Crippen molar-refractivity contribution in [2.75, 3.05) is 0 Å². The predicted molar refractivity (Wildman–Crippen MR) is 103 cm³/mol. The summed E-state index contributed by atoms with van der Waals surface area (Å²) in [6, 6.07) is 12.8. The lowest BCUT2D eigenvalue weighted by Gasteiger charge is -2.13. The van der Waals surface area contributed by atoms with Crippen LogP contribution < -0.4 is 10.6 Å². The van der Waals surface area contributed by atoms with Gasteiger partial charge in [0, 0.05) is 17.5 Å². The maximum Gasteiger partial charge on any atom is 0.375 e. The van der Waals surface area contributed by atoms with Gasteiger partial charge in [-0.3, -0.25) is 10.1 Å². The van der Waals surface area contributed by atoms with Crippen molar-refractivity contribution in [1.82, 2.24) is 10.6 Å². The number of hydrogen-bond donors (Lipinski definition) is 2. The summed E-state index contributed by atoms with van der Waals surface area (Å²) in [5.74, 6) is -2.53. The molecule has 29 heavy (non-hydrogen) atoms. The van der Waals surface area contributed by atoms with Crippen molar-refractivity contribution in [1.29, 1.82) is 0 Å². The second-order valence-corrected chi connectivity index (χ2v) is 6.38. The van der Waals surface area contributed by atoms with E-state index in [1.54, 1.807) is 13.0 Å². The number of ether oxygens (including phenoxy) is 1. The Balaban J connectivity index is 1.58. The number of imide groups is 1. The molecule has 0 unspecified atom stereocenters. The SMILES string of the molecule is Cc1c(C(=O)O[C@H](C)C(=O)NC(=O)NCc2ccccc2)oc2c(F)cccc12. The fourth-order valence-corrected chi connectivity index (χ4v) is 2.71. The highest BCUT2D eigenvalue weighted by molar-refractivity contribution is 6.00. The summed E-state index contributed by atoms with van der Waals surface area (Å²) in [7, 11) is 0. The number of halogens is 1. The minimum absolute atomic E-state index is 0.0608. The van der Waals surface area contributed by atoms with Gasteiger partial charge < -0.3 is 14.5 Å². The monoisotopic (exact) mass is 398 g/mol. The fourth-order valence-electron chi connectivity index (χ4n) is 2.71. The Morgan fingerprint density at radius 2 is 1.83 bits per heavy atom. The summed E-state index contributed by atoms with van der Waals surface area (Å²) >= 11 is 0. The van der Waals surface area contributed by atoms with Crippen LogP contribution in [0.4, 0.5) is 9.18 Å². The molecule has 0 aliphatic rings. The van der Waals surface area contributed by atoms with Crippen LogP contribution in [0, 0.1) is 12.7 Å². The molecule has 3 rings (SSSR count). The van der Waals surface area contributed by atoms with Gasteiger partial charge in [0.2, 0.25) is 5.76 Å². The second kappa shape index (κ2) is 8.55. The lowest BCUT2D eigenvalue weighted by molar-refractivity contribution is -0.128. The summed E-state index contributed by atoms with van der Waals surface area (Å²) in [5, 5.41) is 5.07. The summed E-state index contributed by atoms with van der Waals surface area (Å²) in [6.07, 6.45) is -1.26. The highest BCUT2D eigenvalue weighted by Crippen LogP contribution is 2.27. The number of benzene rings is 2. The van der Waals surface area contributed by atoms with Gasteiger partial charge in [0.05, 0.1) is 0 Å². The Hall–Kier alpha value is -3.68. The second-order valence-electron chi connectivity index (χ2n) is 6.38. The third-order valence-corrected chi connectivity index (χ3v) is 4.29. The zero-order valence-electron chi connectivity index (χ0n) is 15.8. The van der Waals surface area contributed by atoms with Gasteiger partial charge in [0.15, 0.2) is 17.5 Å². The molecular formula is C21H19FN2O5. The standard InChI is InChI=1S/C21H19FN2O5/c1-12-15-9-6-10-16(22)18(15)29-17(12)20(26)28-13(2)19(25)24-21(27)23-11-14-7-4-3-5-8-14/h3-10,13H,11H2,1-2H3,(H2,23,24,25,27)/t13-/m1/s1. The first-order chi connectivity index (χ1) is 13.9. The number of urea groups is 1. The van der Waals surface area contributed by atoms with Crippen molar-refractivity contribution in [3.63, 3.8) is 0 Å². The van der Waals surface area contributed by atoms with Gasteiger partial charge in [0.25, 0.3) is 5.91 Å². The van der Waals surface area contributed by atoms with E-state index in [2.05, 4.69) is 10.6 Å². The van der Waals surface area contributed by atoms with Gasteiger partial charge in [-0.1, -0.05) is 42.5 Å². The number of hydrogen-bond acceptors (Lipinski definition) is 5. The van der Waals surface area contributed by atoms with E-state index in [-0.39, 0.29) is 17.9 Å². The number of furan rings is 1. The number of carbonyl (C=O) groups is 3. The number of para-hydroxylation sites is 1. The summed E-state index contributed by atoms with van der Waals surface area (Å²) < 4.78 is 24.2. The molecule has 0 aliphatic carbocycles. The number of esters is 1. The number of aryl methyl sites for hydroxylation is 1. The average Bonchev–Trinajstić information content (AvgIpc) is 3.05. The largest absolute Gasteiger partial charge is 0.447 e. The molecule has 3 amide bonds. The molecule has 2 aromatic carbocycles. The Labute approximate surface area is 165 Å². The molecule has 0 bridgehead atoms. The van der Waals surface area contributed by atoms with E-state index in [0.29, 0.717) is 10.9 Å². The molecule has 0 radical (unpaired) electrons.